The average Bonchev–Trinajstić information content (AvgIpc) is 2.72. The molecule has 1 fully saturated rings. The van der Waals surface area contributed by atoms with Gasteiger partial charge in [-0.05, 0) is 49.4 Å². The first kappa shape index (κ1) is 22.5. The third-order valence-corrected chi connectivity index (χ3v) is 7.44. The molecule has 2 aromatic carbocycles. The van der Waals surface area contributed by atoms with Crippen molar-refractivity contribution >= 4 is 21.6 Å². The molecule has 3 rings (SSSR count). The van der Waals surface area contributed by atoms with Gasteiger partial charge in [0.2, 0.25) is 10.0 Å². The summed E-state index contributed by atoms with van der Waals surface area (Å²) in [4.78, 5) is 12.6. The zero-order chi connectivity index (χ0) is 21.7. The van der Waals surface area contributed by atoms with Crippen LogP contribution in [0, 0.1) is 11.8 Å². The average molecular weight is 431 g/mol. The number of benzene rings is 2. The lowest BCUT2D eigenvalue weighted by molar-refractivity contribution is -0.682. The monoisotopic (exact) mass is 430 g/mol. The molecule has 6 nitrogen and oxygen atoms in total. The highest BCUT2D eigenvalue weighted by molar-refractivity contribution is 7.89. The van der Waals surface area contributed by atoms with Gasteiger partial charge in [0.15, 0.2) is 6.54 Å². The summed E-state index contributed by atoms with van der Waals surface area (Å²) in [5, 5.41) is 4.82. The second-order valence-electron chi connectivity index (χ2n) is 8.48. The minimum Gasteiger partial charge on any atom is -0.333 e. The lowest BCUT2D eigenvalue weighted by atomic mass is 9.94. The number of quaternary nitrogens is 1. The van der Waals surface area contributed by atoms with E-state index >= 15 is 0 Å². The molecule has 1 aliphatic heterocycles. The Labute approximate surface area is 179 Å². The van der Waals surface area contributed by atoms with Crippen molar-refractivity contribution < 1.29 is 18.5 Å². The maximum absolute atomic E-state index is 13.0. The van der Waals surface area contributed by atoms with Crippen molar-refractivity contribution in [3.63, 3.8) is 0 Å². The second-order valence-corrected chi connectivity index (χ2v) is 10.4. The summed E-state index contributed by atoms with van der Waals surface area (Å²) in [6.07, 6.45) is 1.05. The van der Waals surface area contributed by atoms with Crippen LogP contribution in [-0.2, 0) is 14.8 Å². The molecule has 0 radical (unpaired) electrons. The Morgan fingerprint density at radius 1 is 1.07 bits per heavy atom. The van der Waals surface area contributed by atoms with Crippen molar-refractivity contribution in [3.05, 3.63) is 60.2 Å². The van der Waals surface area contributed by atoms with Crippen molar-refractivity contribution in [1.82, 2.24) is 4.31 Å². The molecule has 3 atom stereocenters. The zero-order valence-electron chi connectivity index (χ0n) is 17.9. The van der Waals surface area contributed by atoms with Gasteiger partial charge >= 0.3 is 0 Å². The maximum Gasteiger partial charge on any atom is 0.279 e. The van der Waals surface area contributed by atoms with Gasteiger partial charge in [0.05, 0.1) is 4.90 Å². The van der Waals surface area contributed by atoms with E-state index in [9.17, 15) is 13.2 Å². The van der Waals surface area contributed by atoms with Gasteiger partial charge in [-0.15, -0.1) is 0 Å². The number of amides is 1. The molecule has 0 aliphatic carbocycles. The summed E-state index contributed by atoms with van der Waals surface area (Å²) in [6, 6.07) is 16.7. The fourth-order valence-electron chi connectivity index (χ4n) is 4.05. The molecule has 0 saturated carbocycles. The number of piperidine rings is 1. The van der Waals surface area contributed by atoms with Crippen molar-refractivity contribution in [2.75, 3.05) is 25.0 Å². The van der Waals surface area contributed by atoms with Gasteiger partial charge in [-0.1, -0.05) is 44.2 Å². The quantitative estimate of drug-likeness (QED) is 0.708. The Kier molecular flexibility index (Phi) is 7.28. The molecule has 1 heterocycles. The Balaban J connectivity index is 1.57. The van der Waals surface area contributed by atoms with E-state index in [1.54, 1.807) is 28.6 Å². The third-order valence-electron chi connectivity index (χ3n) is 5.59. The van der Waals surface area contributed by atoms with Gasteiger partial charge in [-0.2, -0.15) is 4.31 Å². The summed E-state index contributed by atoms with van der Waals surface area (Å²) in [7, 11) is -3.51. The number of sulfonamides is 1. The van der Waals surface area contributed by atoms with Crippen LogP contribution in [0.3, 0.4) is 0 Å². The van der Waals surface area contributed by atoms with Crippen LogP contribution >= 0.6 is 0 Å². The summed E-state index contributed by atoms with van der Waals surface area (Å²) < 4.78 is 27.5. The van der Waals surface area contributed by atoms with Crippen LogP contribution in [0.25, 0.3) is 0 Å². The highest BCUT2D eigenvalue weighted by atomic mass is 32.2. The highest BCUT2D eigenvalue weighted by Gasteiger charge is 2.31. The SMILES string of the molecule is C[C@@H]1C[C@@H](C)CN(S(=O)(=O)c2ccc(NC(=O)C[NH2+][C@@H](C)c3ccccc3)cc2)C1. The predicted octanol–water partition coefficient (Wildman–Crippen LogP) is 2.62. The zero-order valence-corrected chi connectivity index (χ0v) is 18.7. The number of anilines is 1. The Morgan fingerprint density at radius 3 is 2.27 bits per heavy atom. The number of nitrogens with one attached hydrogen (secondary N) is 1. The van der Waals surface area contributed by atoms with E-state index in [1.807, 2.05) is 35.6 Å². The van der Waals surface area contributed by atoms with E-state index < -0.39 is 10.0 Å². The van der Waals surface area contributed by atoms with Gasteiger partial charge in [0, 0.05) is 24.3 Å². The van der Waals surface area contributed by atoms with Crippen LogP contribution in [0.4, 0.5) is 5.69 Å². The molecule has 0 aromatic heterocycles. The first-order valence-electron chi connectivity index (χ1n) is 10.5. The third kappa shape index (κ3) is 5.68. The number of nitrogens with two attached hydrogens (primary N) is 1. The highest BCUT2D eigenvalue weighted by Crippen LogP contribution is 2.27. The van der Waals surface area contributed by atoms with Crippen LogP contribution in [0.2, 0.25) is 0 Å². The van der Waals surface area contributed by atoms with Crippen LogP contribution < -0.4 is 10.6 Å². The number of nitrogens with zero attached hydrogens (tertiary/aromatic N) is 1. The molecule has 30 heavy (non-hydrogen) atoms. The van der Waals surface area contributed by atoms with E-state index in [2.05, 4.69) is 26.1 Å². The molecule has 0 spiro atoms. The number of hydrogen-bond acceptors (Lipinski definition) is 3. The van der Waals surface area contributed by atoms with Gasteiger partial charge in [0.25, 0.3) is 5.91 Å². The number of hydrogen-bond donors (Lipinski definition) is 2. The van der Waals surface area contributed by atoms with Gasteiger partial charge in [-0.3, -0.25) is 4.79 Å². The maximum atomic E-state index is 13.0. The summed E-state index contributed by atoms with van der Waals surface area (Å²) >= 11 is 0. The molecule has 2 aromatic rings. The molecule has 1 amide bonds. The van der Waals surface area contributed by atoms with Crippen LogP contribution in [0.1, 0.15) is 38.8 Å². The molecule has 1 saturated heterocycles. The molecular formula is C23H32N3O3S+. The standard InChI is InChI=1S/C23H31N3O3S/c1-17-13-18(2)16-26(15-17)30(28,29)22-11-9-21(10-12-22)25-23(27)14-24-19(3)20-7-5-4-6-8-20/h4-12,17-19,24H,13-16H2,1-3H3,(H,25,27)/p+1/t17-,18-,19+/m1/s1. The minimum atomic E-state index is -3.51. The molecule has 1 aliphatic rings. The lowest BCUT2D eigenvalue weighted by Gasteiger charge is -2.34. The van der Waals surface area contributed by atoms with E-state index in [0.717, 1.165) is 6.42 Å². The van der Waals surface area contributed by atoms with E-state index in [4.69, 9.17) is 0 Å². The first-order valence-corrected chi connectivity index (χ1v) is 12.0. The molecule has 0 bridgehead atoms. The summed E-state index contributed by atoms with van der Waals surface area (Å²) in [5.74, 6) is 0.597. The summed E-state index contributed by atoms with van der Waals surface area (Å²) in [5.41, 5.74) is 1.77. The van der Waals surface area contributed by atoms with E-state index in [1.165, 1.54) is 5.56 Å². The topological polar surface area (TPSA) is 83.1 Å². The Morgan fingerprint density at radius 2 is 1.67 bits per heavy atom. The van der Waals surface area contributed by atoms with Crippen molar-refractivity contribution in [1.29, 1.82) is 0 Å². The van der Waals surface area contributed by atoms with E-state index in [-0.39, 0.29) is 16.8 Å². The molecule has 7 heteroatoms. The van der Waals surface area contributed by atoms with Gasteiger partial charge in [-0.25, -0.2) is 8.42 Å². The first-order chi connectivity index (χ1) is 14.3. The lowest BCUT2D eigenvalue weighted by Crippen LogP contribution is -2.86. The van der Waals surface area contributed by atoms with Crippen molar-refractivity contribution in [3.8, 4) is 0 Å². The predicted molar refractivity (Wildman–Crippen MR) is 118 cm³/mol. The Hall–Kier alpha value is -2.22. The van der Waals surface area contributed by atoms with Gasteiger partial charge in [0.1, 0.15) is 6.04 Å². The van der Waals surface area contributed by atoms with E-state index in [0.29, 0.717) is 37.2 Å². The number of carbonyl (C=O) groups excluding carboxylic acids is 1. The smallest absolute Gasteiger partial charge is 0.279 e. The molecule has 3 N–H and O–H groups in total. The molecule has 162 valence electrons. The van der Waals surface area contributed by atoms with Crippen molar-refractivity contribution in [2.45, 2.75) is 38.1 Å². The molecule has 0 unspecified atom stereocenters. The number of carbonyl (C=O) groups is 1. The summed E-state index contributed by atoms with van der Waals surface area (Å²) in [6.45, 7) is 7.64. The van der Waals surface area contributed by atoms with Crippen molar-refractivity contribution in [2.24, 2.45) is 11.8 Å². The van der Waals surface area contributed by atoms with Crippen LogP contribution in [0.15, 0.2) is 59.5 Å². The normalized spacial score (nSPS) is 21.2. The van der Waals surface area contributed by atoms with Crippen LogP contribution in [-0.4, -0.2) is 38.3 Å². The second kappa shape index (κ2) is 9.73. The molecular weight excluding hydrogens is 398 g/mol. The van der Waals surface area contributed by atoms with Crippen LogP contribution in [0.5, 0.6) is 0 Å². The van der Waals surface area contributed by atoms with Gasteiger partial charge < -0.3 is 10.6 Å². The largest absolute Gasteiger partial charge is 0.333 e. The minimum absolute atomic E-state index is 0.118. The fraction of sp³-hybridized carbons (Fsp3) is 0.435. The Bertz CT molecular complexity index is 935. The fourth-order valence-corrected chi connectivity index (χ4v) is 5.73. The number of rotatable bonds is 7.